The van der Waals surface area contributed by atoms with Gasteiger partial charge in [0.1, 0.15) is 0 Å². The minimum atomic E-state index is -4.17. The highest BCUT2D eigenvalue weighted by Gasteiger charge is 2.27. The van der Waals surface area contributed by atoms with Crippen LogP contribution in [0.25, 0.3) is 0 Å². The fourth-order valence-electron chi connectivity index (χ4n) is 2.86. The van der Waals surface area contributed by atoms with Crippen molar-refractivity contribution < 1.29 is 18.0 Å². The smallest absolute Gasteiger partial charge is 0.327 e. The molecular formula is C16H21F3N2O. The van der Waals surface area contributed by atoms with Crippen molar-refractivity contribution in [2.75, 3.05) is 5.32 Å². The van der Waals surface area contributed by atoms with Gasteiger partial charge in [-0.3, -0.25) is 4.79 Å². The molecular weight excluding hydrogens is 293 g/mol. The van der Waals surface area contributed by atoms with Crippen molar-refractivity contribution in [2.24, 2.45) is 11.7 Å². The summed E-state index contributed by atoms with van der Waals surface area (Å²) in [4.78, 5) is 12.0. The van der Waals surface area contributed by atoms with Crippen LogP contribution in [0, 0.1) is 5.92 Å². The van der Waals surface area contributed by atoms with E-state index >= 15 is 0 Å². The molecule has 6 heteroatoms. The Bertz CT molecular complexity index is 516. The number of nitrogens with one attached hydrogen (secondary N) is 1. The molecule has 1 fully saturated rings. The van der Waals surface area contributed by atoms with E-state index in [1.54, 1.807) is 24.3 Å². The molecule has 0 bridgehead atoms. The third kappa shape index (κ3) is 5.33. The second-order valence-electron chi connectivity index (χ2n) is 5.92. The molecule has 122 valence electrons. The number of nitrogens with two attached hydrogens (primary N) is 1. The van der Waals surface area contributed by atoms with Crippen LogP contribution < -0.4 is 11.1 Å². The minimum absolute atomic E-state index is 0.0730. The quantitative estimate of drug-likeness (QED) is 0.872. The summed E-state index contributed by atoms with van der Waals surface area (Å²) in [7, 11) is 0. The van der Waals surface area contributed by atoms with Gasteiger partial charge >= 0.3 is 6.18 Å². The van der Waals surface area contributed by atoms with Crippen molar-refractivity contribution in [1.29, 1.82) is 0 Å². The maximum Gasteiger partial charge on any atom is 0.389 e. The van der Waals surface area contributed by atoms with Crippen LogP contribution in [0.4, 0.5) is 18.9 Å². The van der Waals surface area contributed by atoms with Crippen LogP contribution in [0.1, 0.15) is 37.7 Å². The Morgan fingerprint density at radius 1 is 1.32 bits per heavy atom. The Labute approximate surface area is 128 Å². The number of anilines is 1. The number of aryl methyl sites for hydroxylation is 1. The third-order valence-electron chi connectivity index (χ3n) is 4.07. The first-order chi connectivity index (χ1) is 10.3. The molecule has 1 saturated carbocycles. The summed E-state index contributed by atoms with van der Waals surface area (Å²) < 4.78 is 36.7. The Hall–Kier alpha value is -1.56. The van der Waals surface area contributed by atoms with Crippen molar-refractivity contribution in [1.82, 2.24) is 0 Å². The van der Waals surface area contributed by atoms with E-state index in [0.717, 1.165) is 19.3 Å². The Balaban J connectivity index is 1.88. The monoisotopic (exact) mass is 314 g/mol. The lowest BCUT2D eigenvalue weighted by Gasteiger charge is -2.15. The second kappa shape index (κ2) is 7.13. The van der Waals surface area contributed by atoms with Gasteiger partial charge in [0.25, 0.3) is 0 Å². The van der Waals surface area contributed by atoms with Gasteiger partial charge in [0.05, 0.1) is 0 Å². The summed E-state index contributed by atoms with van der Waals surface area (Å²) in [5, 5.41) is 2.75. The number of rotatable bonds is 5. The van der Waals surface area contributed by atoms with Crippen molar-refractivity contribution in [2.45, 2.75) is 50.7 Å². The van der Waals surface area contributed by atoms with E-state index in [1.807, 2.05) is 0 Å². The molecule has 3 nitrogen and oxygen atoms in total. The summed E-state index contributed by atoms with van der Waals surface area (Å²) >= 11 is 0. The van der Waals surface area contributed by atoms with Crippen molar-refractivity contribution in [3.05, 3.63) is 29.8 Å². The number of carbonyl (C=O) groups is 1. The predicted molar refractivity (Wildman–Crippen MR) is 79.4 cm³/mol. The van der Waals surface area contributed by atoms with Gasteiger partial charge in [-0.25, -0.2) is 0 Å². The SMILES string of the molecule is N[C@@H]1CCC[C@H]1CC(=O)Nc1cccc(CCC(F)(F)F)c1. The number of hydrogen-bond acceptors (Lipinski definition) is 2. The van der Waals surface area contributed by atoms with E-state index in [2.05, 4.69) is 5.32 Å². The zero-order valence-electron chi connectivity index (χ0n) is 12.3. The van der Waals surface area contributed by atoms with Crippen LogP contribution in [0.2, 0.25) is 0 Å². The number of carbonyl (C=O) groups excluding carboxylic acids is 1. The zero-order valence-corrected chi connectivity index (χ0v) is 12.3. The van der Waals surface area contributed by atoms with Gasteiger partial charge in [-0.1, -0.05) is 18.6 Å². The fraction of sp³-hybridized carbons (Fsp3) is 0.562. The summed E-state index contributed by atoms with van der Waals surface area (Å²) in [6.07, 6.45) is -1.79. The number of hydrogen-bond donors (Lipinski definition) is 2. The van der Waals surface area contributed by atoms with Crippen LogP contribution in [0.3, 0.4) is 0 Å². The molecule has 2 atom stereocenters. The molecule has 22 heavy (non-hydrogen) atoms. The van der Waals surface area contributed by atoms with E-state index in [9.17, 15) is 18.0 Å². The summed E-state index contributed by atoms with van der Waals surface area (Å²) in [6.45, 7) is 0. The fourth-order valence-corrected chi connectivity index (χ4v) is 2.86. The average Bonchev–Trinajstić information content (AvgIpc) is 2.81. The standard InChI is InChI=1S/C16H21F3N2O/c17-16(18,19)8-7-11-3-1-5-13(9-11)21-15(22)10-12-4-2-6-14(12)20/h1,3,5,9,12,14H,2,4,6-8,10,20H2,(H,21,22)/t12-,14+/m0/s1. The molecule has 0 radical (unpaired) electrons. The first kappa shape index (κ1) is 16.8. The molecule has 1 amide bonds. The van der Waals surface area contributed by atoms with Crippen LogP contribution in [-0.2, 0) is 11.2 Å². The summed E-state index contributed by atoms with van der Waals surface area (Å²) in [5.41, 5.74) is 7.04. The molecule has 3 N–H and O–H groups in total. The topological polar surface area (TPSA) is 55.1 Å². The van der Waals surface area contributed by atoms with Crippen LogP contribution in [0.5, 0.6) is 0 Å². The van der Waals surface area contributed by atoms with Crippen LogP contribution in [0.15, 0.2) is 24.3 Å². The number of halogens is 3. The first-order valence-electron chi connectivity index (χ1n) is 7.54. The molecule has 1 aliphatic carbocycles. The first-order valence-corrected chi connectivity index (χ1v) is 7.54. The summed E-state index contributed by atoms with van der Waals surface area (Å²) in [5.74, 6) is 0.0729. The lowest BCUT2D eigenvalue weighted by molar-refractivity contribution is -0.134. The molecule has 0 saturated heterocycles. The Morgan fingerprint density at radius 3 is 2.73 bits per heavy atom. The Kier molecular flexibility index (Phi) is 5.45. The van der Waals surface area contributed by atoms with Gasteiger partial charge in [-0.15, -0.1) is 0 Å². The molecule has 0 heterocycles. The largest absolute Gasteiger partial charge is 0.389 e. The highest BCUT2D eigenvalue weighted by Crippen LogP contribution is 2.27. The van der Waals surface area contributed by atoms with Gasteiger partial charge < -0.3 is 11.1 Å². The maximum atomic E-state index is 12.2. The van der Waals surface area contributed by atoms with E-state index in [-0.39, 0.29) is 24.3 Å². The normalized spacial score (nSPS) is 21.8. The molecule has 1 aromatic carbocycles. The van der Waals surface area contributed by atoms with E-state index in [4.69, 9.17) is 5.73 Å². The van der Waals surface area contributed by atoms with E-state index in [0.29, 0.717) is 17.7 Å². The van der Waals surface area contributed by atoms with Gasteiger partial charge in [-0.05, 0) is 42.9 Å². The second-order valence-corrected chi connectivity index (χ2v) is 5.92. The van der Waals surface area contributed by atoms with Gasteiger partial charge in [0, 0.05) is 24.6 Å². The van der Waals surface area contributed by atoms with E-state index in [1.165, 1.54) is 0 Å². The Morgan fingerprint density at radius 2 is 2.09 bits per heavy atom. The highest BCUT2D eigenvalue weighted by atomic mass is 19.4. The molecule has 1 aliphatic rings. The molecule has 0 aliphatic heterocycles. The number of amides is 1. The molecule has 2 rings (SSSR count). The van der Waals surface area contributed by atoms with Crippen LogP contribution >= 0.6 is 0 Å². The highest BCUT2D eigenvalue weighted by molar-refractivity contribution is 5.91. The lowest BCUT2D eigenvalue weighted by atomic mass is 10.00. The van der Waals surface area contributed by atoms with Crippen molar-refractivity contribution >= 4 is 11.6 Å². The third-order valence-corrected chi connectivity index (χ3v) is 4.07. The molecule has 0 aromatic heterocycles. The van der Waals surface area contributed by atoms with Gasteiger partial charge in [-0.2, -0.15) is 13.2 Å². The van der Waals surface area contributed by atoms with Gasteiger partial charge in [0.2, 0.25) is 5.91 Å². The van der Waals surface area contributed by atoms with Crippen molar-refractivity contribution in [3.63, 3.8) is 0 Å². The van der Waals surface area contributed by atoms with Gasteiger partial charge in [0.15, 0.2) is 0 Å². The van der Waals surface area contributed by atoms with Crippen LogP contribution in [-0.4, -0.2) is 18.1 Å². The average molecular weight is 314 g/mol. The minimum Gasteiger partial charge on any atom is -0.327 e. The van der Waals surface area contributed by atoms with E-state index < -0.39 is 12.6 Å². The molecule has 1 aromatic rings. The number of alkyl halides is 3. The molecule has 0 unspecified atom stereocenters. The molecule has 0 spiro atoms. The summed E-state index contributed by atoms with van der Waals surface area (Å²) in [6, 6.07) is 6.64. The van der Waals surface area contributed by atoms with Crippen molar-refractivity contribution in [3.8, 4) is 0 Å². The lowest BCUT2D eigenvalue weighted by Crippen LogP contribution is -2.28. The predicted octanol–water partition coefficient (Wildman–Crippen LogP) is 3.64. The maximum absolute atomic E-state index is 12.2. The number of benzene rings is 1. The zero-order chi connectivity index (χ0) is 16.2.